The molecule has 0 N–H and O–H groups in total. The zero-order valence-corrected chi connectivity index (χ0v) is 38.5. The van der Waals surface area contributed by atoms with Crippen molar-refractivity contribution in [2.75, 3.05) is 19.6 Å². The van der Waals surface area contributed by atoms with Gasteiger partial charge in [-0.2, -0.15) is 17.5 Å². The summed E-state index contributed by atoms with van der Waals surface area (Å²) in [6, 6.07) is 9.59. The van der Waals surface area contributed by atoms with Gasteiger partial charge in [0.2, 0.25) is 0 Å². The summed E-state index contributed by atoms with van der Waals surface area (Å²) in [5.74, 6) is 3.75. The zero-order valence-electron chi connectivity index (χ0n) is 36.0. The van der Waals surface area contributed by atoms with E-state index in [0.29, 0.717) is 60.4 Å². The second kappa shape index (κ2) is 23.1. The van der Waals surface area contributed by atoms with Crippen LogP contribution in [0.4, 0.5) is 11.4 Å². The van der Waals surface area contributed by atoms with Crippen LogP contribution in [0.5, 0.6) is 0 Å². The molecule has 0 spiro atoms. The molecule has 2 aromatic rings. The van der Waals surface area contributed by atoms with E-state index in [1.807, 2.05) is 0 Å². The molecule has 2 aromatic carbocycles. The standard InChI is InChI=1S/C39H58N3.2C4H9.Zr/c1-24(2)30-18-32(26(5)6)37(33(19-30)27(7)8)41-22-39(13,36-16-14-15-17-40-36)23-42-38-34(28(9)10)20-31(25(3)4)21-35(38)29(11)12;2*1-4(2)3;/h14-16,18-21,24-29H,17,22-23H2,1-13H3;2*4H,1H2,2-3H3;/q-3;2*-1;. The second-order valence-electron chi connectivity index (χ2n) is 17.3. The minimum absolute atomic E-state index is 0. The minimum Gasteiger partial charge on any atom is -0.684 e. The third-order valence-corrected chi connectivity index (χ3v) is 8.75. The average molecular weight is 774 g/mol. The molecular weight excluding hydrogens is 698 g/mol. The zero-order chi connectivity index (χ0) is 38.5. The van der Waals surface area contributed by atoms with Crippen LogP contribution in [-0.4, -0.2) is 19.6 Å². The molecule has 0 unspecified atom stereocenters. The van der Waals surface area contributed by atoms with Crippen molar-refractivity contribution >= 4 is 11.4 Å². The largest absolute Gasteiger partial charge is 0.684 e. The molecule has 0 aliphatic carbocycles. The van der Waals surface area contributed by atoms with Crippen molar-refractivity contribution in [3.8, 4) is 0 Å². The maximum Gasteiger partial charge on any atom is 0 e. The third-order valence-electron chi connectivity index (χ3n) is 8.75. The fraction of sp³-hybridized carbons (Fsp3) is 0.617. The maximum atomic E-state index is 5.48. The normalized spacial score (nSPS) is 13.0. The third kappa shape index (κ3) is 16.0. The quantitative estimate of drug-likeness (QED) is 0.182. The Morgan fingerprint density at radius 3 is 1.08 bits per heavy atom. The summed E-state index contributed by atoms with van der Waals surface area (Å²) in [4.78, 5) is 0. The number of rotatable bonds is 13. The fourth-order valence-electron chi connectivity index (χ4n) is 5.74. The Morgan fingerprint density at radius 1 is 0.569 bits per heavy atom. The first kappa shape index (κ1) is 49.2. The minimum atomic E-state index is -0.316. The molecule has 0 amide bonds. The topological polar surface area (TPSA) is 42.3 Å². The van der Waals surface area contributed by atoms with Gasteiger partial charge in [-0.05, 0) is 46.6 Å². The summed E-state index contributed by atoms with van der Waals surface area (Å²) in [5, 5.41) is 15.9. The van der Waals surface area contributed by atoms with Crippen LogP contribution in [0.15, 0.2) is 48.2 Å². The van der Waals surface area contributed by atoms with E-state index in [2.05, 4.69) is 174 Å². The van der Waals surface area contributed by atoms with Gasteiger partial charge in [0.25, 0.3) is 0 Å². The van der Waals surface area contributed by atoms with Crippen LogP contribution in [0.3, 0.4) is 0 Å². The first-order chi connectivity index (χ1) is 23.1. The molecule has 0 saturated heterocycles. The second-order valence-corrected chi connectivity index (χ2v) is 17.3. The van der Waals surface area contributed by atoms with Gasteiger partial charge in [0.15, 0.2) is 0 Å². The summed E-state index contributed by atoms with van der Waals surface area (Å²) in [5.41, 5.74) is 11.4. The Bertz CT molecular complexity index is 1210. The van der Waals surface area contributed by atoms with Crippen LogP contribution >= 0.6 is 0 Å². The van der Waals surface area contributed by atoms with Crippen LogP contribution in [0, 0.1) is 31.1 Å². The number of benzene rings is 2. The number of hydrogen-bond acceptors (Lipinski definition) is 0. The molecule has 1 aliphatic heterocycles. The Morgan fingerprint density at radius 2 is 0.863 bits per heavy atom. The van der Waals surface area contributed by atoms with E-state index >= 15 is 0 Å². The van der Waals surface area contributed by atoms with Crippen molar-refractivity contribution in [1.29, 1.82) is 0 Å². The van der Waals surface area contributed by atoms with Crippen molar-refractivity contribution in [3.05, 3.63) is 111 Å². The summed E-state index contributed by atoms with van der Waals surface area (Å²) in [6.07, 6.45) is 6.44. The van der Waals surface area contributed by atoms with E-state index in [1.165, 1.54) is 44.8 Å². The molecule has 1 heterocycles. The van der Waals surface area contributed by atoms with Gasteiger partial charge in [0, 0.05) is 26.2 Å². The molecule has 0 fully saturated rings. The number of nitrogens with zero attached hydrogens (tertiary/aromatic N) is 3. The first-order valence-corrected chi connectivity index (χ1v) is 19.5. The van der Waals surface area contributed by atoms with Crippen molar-refractivity contribution in [2.45, 2.75) is 153 Å². The predicted octanol–water partition coefficient (Wildman–Crippen LogP) is 15.9. The van der Waals surface area contributed by atoms with E-state index in [0.717, 1.165) is 12.2 Å². The SMILES string of the molecule is CC(C)c1cc(C(C)C)c([N-]CC(C)(C[N-]c2c(C(C)C)cc(C(C)C)cc2C(C)C)C2=CC=CC[N-]2)c(C(C)C)c1.[CH2-]C(C)C.[CH2-]C(C)C.[Zr]. The van der Waals surface area contributed by atoms with Crippen LogP contribution < -0.4 is 0 Å². The van der Waals surface area contributed by atoms with Crippen molar-refractivity contribution in [3.63, 3.8) is 0 Å². The van der Waals surface area contributed by atoms with Crippen molar-refractivity contribution in [2.24, 2.45) is 17.3 Å². The van der Waals surface area contributed by atoms with Crippen molar-refractivity contribution < 1.29 is 26.2 Å². The molecule has 288 valence electrons. The summed E-state index contributed by atoms with van der Waals surface area (Å²) in [7, 11) is 0. The molecular formula is C47H76N3Zr-5. The molecule has 0 radical (unpaired) electrons. The molecule has 0 saturated carbocycles. The van der Waals surface area contributed by atoms with Crippen LogP contribution in [0.25, 0.3) is 16.0 Å². The van der Waals surface area contributed by atoms with E-state index in [4.69, 9.17) is 16.0 Å². The van der Waals surface area contributed by atoms with E-state index in [1.54, 1.807) is 0 Å². The number of allylic oxidation sites excluding steroid dienone is 2. The van der Waals surface area contributed by atoms with Gasteiger partial charge < -0.3 is 29.8 Å². The molecule has 3 rings (SSSR count). The first-order valence-electron chi connectivity index (χ1n) is 19.5. The maximum absolute atomic E-state index is 5.48. The van der Waals surface area contributed by atoms with E-state index in [-0.39, 0.29) is 31.6 Å². The van der Waals surface area contributed by atoms with Gasteiger partial charge in [-0.15, -0.1) is 37.1 Å². The van der Waals surface area contributed by atoms with Crippen molar-refractivity contribution in [1.82, 2.24) is 0 Å². The van der Waals surface area contributed by atoms with Gasteiger partial charge in [0.1, 0.15) is 0 Å². The van der Waals surface area contributed by atoms with Gasteiger partial charge in [-0.25, -0.2) is 0 Å². The van der Waals surface area contributed by atoms with E-state index < -0.39 is 0 Å². The Balaban J connectivity index is 0.00000251. The average Bonchev–Trinajstić information content (AvgIpc) is 3.01. The summed E-state index contributed by atoms with van der Waals surface area (Å²) < 4.78 is 0. The fourth-order valence-corrected chi connectivity index (χ4v) is 5.74. The van der Waals surface area contributed by atoms with Crippen LogP contribution in [0.2, 0.25) is 0 Å². The molecule has 51 heavy (non-hydrogen) atoms. The number of hydrogen-bond donors (Lipinski definition) is 0. The van der Waals surface area contributed by atoms with Gasteiger partial charge in [-0.3, -0.25) is 0 Å². The van der Waals surface area contributed by atoms with Gasteiger partial charge >= 0.3 is 0 Å². The van der Waals surface area contributed by atoms with Gasteiger partial charge in [0.05, 0.1) is 0 Å². The molecule has 0 bridgehead atoms. The van der Waals surface area contributed by atoms with Crippen LogP contribution in [0.1, 0.15) is 187 Å². The Labute approximate surface area is 337 Å². The summed E-state index contributed by atoms with van der Waals surface area (Å²) >= 11 is 0. The smallest absolute Gasteiger partial charge is 0 e. The Hall–Kier alpha value is -1.80. The monoisotopic (exact) mass is 773 g/mol. The molecule has 0 atom stereocenters. The summed E-state index contributed by atoms with van der Waals surface area (Å²) in [6.45, 7) is 47.3. The van der Waals surface area contributed by atoms with Gasteiger partial charge in [-0.1, -0.05) is 182 Å². The molecule has 0 aromatic heterocycles. The van der Waals surface area contributed by atoms with Crippen LogP contribution in [-0.2, 0) is 26.2 Å². The predicted molar refractivity (Wildman–Crippen MR) is 227 cm³/mol. The molecule has 3 nitrogen and oxygen atoms in total. The molecule has 1 aliphatic rings. The Kier molecular flexibility index (Phi) is 22.3. The molecule has 4 heteroatoms. The van der Waals surface area contributed by atoms with E-state index in [9.17, 15) is 0 Å².